The summed E-state index contributed by atoms with van der Waals surface area (Å²) in [6.07, 6.45) is 0. The minimum atomic E-state index is -0.384. The van der Waals surface area contributed by atoms with E-state index < -0.39 is 0 Å². The number of anilines is 1. The van der Waals surface area contributed by atoms with Gasteiger partial charge in [-0.3, -0.25) is 0 Å². The average molecular weight is 308 g/mol. The second-order valence-electron chi connectivity index (χ2n) is 4.20. The zero-order valence-corrected chi connectivity index (χ0v) is 12.7. The van der Waals surface area contributed by atoms with E-state index in [1.165, 1.54) is 24.6 Å². The molecule has 0 unspecified atom stereocenters. The molecule has 0 amide bonds. The molecule has 2 aromatic rings. The first kappa shape index (κ1) is 14.8. The van der Waals surface area contributed by atoms with Gasteiger partial charge in [-0.2, -0.15) is 0 Å². The van der Waals surface area contributed by atoms with Crippen LogP contribution in [0.25, 0.3) is 0 Å². The normalized spacial score (nSPS) is 10.2. The predicted molar refractivity (Wildman–Crippen MR) is 83.5 cm³/mol. The first-order chi connectivity index (χ1) is 9.60. The van der Waals surface area contributed by atoms with Gasteiger partial charge in [0, 0.05) is 4.90 Å². The van der Waals surface area contributed by atoms with Gasteiger partial charge in [-0.25, -0.2) is 4.79 Å². The van der Waals surface area contributed by atoms with Gasteiger partial charge in [0.15, 0.2) is 0 Å². The van der Waals surface area contributed by atoms with E-state index in [0.717, 1.165) is 4.90 Å². The maximum Gasteiger partial charge on any atom is 0.337 e. The van der Waals surface area contributed by atoms with Gasteiger partial charge in [0.2, 0.25) is 0 Å². The van der Waals surface area contributed by atoms with Gasteiger partial charge in [0.25, 0.3) is 0 Å². The number of ether oxygens (including phenoxy) is 1. The highest BCUT2D eigenvalue weighted by Crippen LogP contribution is 2.28. The zero-order chi connectivity index (χ0) is 14.5. The molecule has 1 N–H and O–H groups in total. The molecule has 2 aromatic carbocycles. The fraction of sp³-hybridized carbons (Fsp3) is 0.133. The molecule has 0 atom stereocenters. The van der Waals surface area contributed by atoms with Gasteiger partial charge >= 0.3 is 5.97 Å². The van der Waals surface area contributed by atoms with Crippen molar-refractivity contribution < 1.29 is 9.53 Å². The number of nitrogens with one attached hydrogen (secondary N) is 1. The molecule has 0 bridgehead atoms. The van der Waals surface area contributed by atoms with Crippen molar-refractivity contribution in [1.29, 1.82) is 0 Å². The minimum absolute atomic E-state index is 0.384. The van der Waals surface area contributed by atoms with E-state index in [4.69, 9.17) is 16.3 Å². The molecule has 20 heavy (non-hydrogen) atoms. The van der Waals surface area contributed by atoms with Crippen LogP contribution in [0.3, 0.4) is 0 Å². The van der Waals surface area contributed by atoms with E-state index >= 15 is 0 Å². The predicted octanol–water partition coefficient (Wildman–Crippen LogP) is 4.55. The molecule has 0 spiro atoms. The average Bonchev–Trinajstić information content (AvgIpc) is 2.47. The number of aryl methyl sites for hydroxylation is 1. The highest BCUT2D eigenvalue weighted by molar-refractivity contribution is 8.00. The molecule has 5 heteroatoms. The molecule has 2 rings (SSSR count). The molecule has 0 aromatic heterocycles. The Labute approximate surface area is 127 Å². The highest BCUT2D eigenvalue weighted by atomic mass is 35.5. The molecule has 0 radical (unpaired) electrons. The lowest BCUT2D eigenvalue weighted by atomic mass is 10.2. The topological polar surface area (TPSA) is 38.3 Å². The third-order valence-corrected chi connectivity index (χ3v) is 3.85. The summed E-state index contributed by atoms with van der Waals surface area (Å²) in [6, 6.07) is 13.1. The minimum Gasteiger partial charge on any atom is -0.465 e. The number of rotatable bonds is 4. The van der Waals surface area contributed by atoms with Crippen LogP contribution in [0.4, 0.5) is 5.69 Å². The molecule has 0 aliphatic carbocycles. The fourth-order valence-electron chi connectivity index (χ4n) is 1.57. The summed E-state index contributed by atoms with van der Waals surface area (Å²) in [4.78, 5) is 12.6. The van der Waals surface area contributed by atoms with Crippen LogP contribution in [-0.2, 0) is 4.74 Å². The number of methoxy groups -OCH3 is 1. The van der Waals surface area contributed by atoms with E-state index in [1.54, 1.807) is 18.2 Å². The number of halogens is 1. The molecular weight excluding hydrogens is 294 g/mol. The van der Waals surface area contributed by atoms with Crippen LogP contribution in [0.15, 0.2) is 47.4 Å². The van der Waals surface area contributed by atoms with Gasteiger partial charge in [-0.1, -0.05) is 29.3 Å². The Morgan fingerprint density at radius 3 is 2.55 bits per heavy atom. The Bertz CT molecular complexity index is 614. The Balaban J connectivity index is 2.12. The largest absolute Gasteiger partial charge is 0.465 e. The molecule has 0 saturated carbocycles. The first-order valence-corrected chi connectivity index (χ1v) is 7.17. The summed E-state index contributed by atoms with van der Waals surface area (Å²) < 4.78 is 7.84. The highest BCUT2D eigenvalue weighted by Gasteiger charge is 2.09. The van der Waals surface area contributed by atoms with Crippen molar-refractivity contribution in [2.24, 2.45) is 0 Å². The molecule has 0 aliphatic heterocycles. The van der Waals surface area contributed by atoms with Crippen LogP contribution in [0.5, 0.6) is 0 Å². The van der Waals surface area contributed by atoms with Crippen LogP contribution >= 0.6 is 23.5 Å². The van der Waals surface area contributed by atoms with E-state index in [0.29, 0.717) is 16.3 Å². The van der Waals surface area contributed by atoms with Crippen molar-refractivity contribution in [3.05, 3.63) is 58.6 Å². The van der Waals surface area contributed by atoms with Gasteiger partial charge < -0.3 is 9.46 Å². The Morgan fingerprint density at radius 1 is 1.20 bits per heavy atom. The number of benzene rings is 2. The molecule has 104 valence electrons. The SMILES string of the molecule is COC(=O)c1ccc(Cl)c(NSc2ccc(C)cc2)c1. The number of esters is 1. The van der Waals surface area contributed by atoms with Crippen molar-refractivity contribution in [3.63, 3.8) is 0 Å². The smallest absolute Gasteiger partial charge is 0.337 e. The monoisotopic (exact) mass is 307 g/mol. The van der Waals surface area contributed by atoms with E-state index in [-0.39, 0.29) is 5.97 Å². The van der Waals surface area contributed by atoms with Crippen LogP contribution in [-0.4, -0.2) is 13.1 Å². The molecule has 0 aliphatic rings. The molecule has 0 saturated heterocycles. The van der Waals surface area contributed by atoms with Crippen molar-refractivity contribution in [1.82, 2.24) is 0 Å². The summed E-state index contributed by atoms with van der Waals surface area (Å²) in [5.74, 6) is -0.384. The lowest BCUT2D eigenvalue weighted by Gasteiger charge is -2.09. The number of carbonyl (C=O) groups is 1. The van der Waals surface area contributed by atoms with Crippen molar-refractivity contribution in [2.45, 2.75) is 11.8 Å². The number of hydrogen-bond donors (Lipinski definition) is 1. The number of hydrogen-bond acceptors (Lipinski definition) is 4. The Hall–Kier alpha value is -1.65. The van der Waals surface area contributed by atoms with Crippen molar-refractivity contribution in [2.75, 3.05) is 11.8 Å². The second-order valence-corrected chi connectivity index (χ2v) is 5.49. The van der Waals surface area contributed by atoms with E-state index in [9.17, 15) is 4.79 Å². The van der Waals surface area contributed by atoms with Crippen LogP contribution in [0, 0.1) is 6.92 Å². The van der Waals surface area contributed by atoms with Gasteiger partial charge in [-0.15, -0.1) is 0 Å². The summed E-state index contributed by atoms with van der Waals surface area (Å²) in [5.41, 5.74) is 2.35. The van der Waals surface area contributed by atoms with Crippen molar-refractivity contribution in [3.8, 4) is 0 Å². The van der Waals surface area contributed by atoms with E-state index in [2.05, 4.69) is 4.72 Å². The molecule has 0 heterocycles. The van der Waals surface area contributed by atoms with Crippen molar-refractivity contribution >= 4 is 35.2 Å². The molecule has 3 nitrogen and oxygen atoms in total. The lowest BCUT2D eigenvalue weighted by Crippen LogP contribution is -2.01. The third-order valence-electron chi connectivity index (χ3n) is 2.69. The van der Waals surface area contributed by atoms with E-state index in [1.807, 2.05) is 31.2 Å². The number of carbonyl (C=O) groups excluding carboxylic acids is 1. The Morgan fingerprint density at radius 2 is 1.90 bits per heavy atom. The third kappa shape index (κ3) is 3.68. The quantitative estimate of drug-likeness (QED) is 0.664. The zero-order valence-electron chi connectivity index (χ0n) is 11.1. The summed E-state index contributed by atoms with van der Waals surface area (Å²) >= 11 is 7.55. The maximum absolute atomic E-state index is 11.5. The van der Waals surface area contributed by atoms with Gasteiger partial charge in [0.1, 0.15) is 0 Å². The van der Waals surface area contributed by atoms with Crippen LogP contribution in [0.1, 0.15) is 15.9 Å². The lowest BCUT2D eigenvalue weighted by molar-refractivity contribution is 0.0601. The summed E-state index contributed by atoms with van der Waals surface area (Å²) in [7, 11) is 1.35. The van der Waals surface area contributed by atoms with Gasteiger partial charge in [-0.05, 0) is 49.2 Å². The Kier molecular flexibility index (Phi) is 4.93. The van der Waals surface area contributed by atoms with Crippen LogP contribution < -0.4 is 4.72 Å². The first-order valence-electron chi connectivity index (χ1n) is 5.97. The maximum atomic E-state index is 11.5. The standard InChI is InChI=1S/C15H14ClNO2S/c1-10-3-6-12(7-4-10)20-17-14-9-11(15(18)19-2)5-8-13(14)16/h3-9,17H,1-2H3. The molecule has 0 fully saturated rings. The van der Waals surface area contributed by atoms with Gasteiger partial charge in [0.05, 0.1) is 23.4 Å². The summed E-state index contributed by atoms with van der Waals surface area (Å²) in [6.45, 7) is 2.04. The summed E-state index contributed by atoms with van der Waals surface area (Å²) in [5, 5.41) is 0.553. The second kappa shape index (κ2) is 6.68. The molecular formula is C15H14ClNO2S. The fourth-order valence-corrected chi connectivity index (χ4v) is 2.46. The van der Waals surface area contributed by atoms with Crippen LogP contribution in [0.2, 0.25) is 5.02 Å².